The summed E-state index contributed by atoms with van der Waals surface area (Å²) in [5.74, 6) is -7.39. The van der Waals surface area contributed by atoms with E-state index in [1.165, 1.54) is 13.8 Å². The van der Waals surface area contributed by atoms with E-state index < -0.39 is 204 Å². The molecule has 606 valence electrons. The van der Waals surface area contributed by atoms with E-state index in [0.29, 0.717) is 39.2 Å². The second-order valence-corrected chi connectivity index (χ2v) is 55.7. The van der Waals surface area contributed by atoms with Crippen molar-refractivity contribution in [2.45, 2.75) is 281 Å². The van der Waals surface area contributed by atoms with E-state index in [0.717, 1.165) is 0 Å². The van der Waals surface area contributed by atoms with Gasteiger partial charge in [-0.15, -0.1) is 0 Å². The molecule has 8 bridgehead atoms. The number of aliphatic hydroxyl groups is 3. The number of carbonyl (C=O) groups is 8. The van der Waals surface area contributed by atoms with Crippen LogP contribution in [0.15, 0.2) is 113 Å². The molecule has 0 radical (unpaired) electrons. The van der Waals surface area contributed by atoms with Crippen LogP contribution in [0.3, 0.4) is 0 Å². The van der Waals surface area contributed by atoms with Crippen LogP contribution in [-0.2, 0) is 79.6 Å². The summed E-state index contributed by atoms with van der Waals surface area (Å²) in [5, 5.41) is 41.9. The number of Topliss-reactive ketones (excluding diaryl/α,β-unsaturated/α-hetero) is 2. The average Bonchev–Trinajstić information content (AvgIpc) is 1.39. The number of nitrogens with one attached hydrogen (secondary N) is 1. The lowest BCUT2D eigenvalue weighted by Crippen LogP contribution is -2.82. The van der Waals surface area contributed by atoms with Crippen molar-refractivity contribution in [1.82, 2.24) is 5.32 Å². The molecule has 4 heterocycles. The molecule has 0 spiro atoms. The van der Waals surface area contributed by atoms with Gasteiger partial charge in [0.1, 0.15) is 59.5 Å². The summed E-state index contributed by atoms with van der Waals surface area (Å²) in [4.78, 5) is 115. The molecular weight excluding hydrogens is 1490 g/mol. The van der Waals surface area contributed by atoms with Crippen LogP contribution in [0, 0.1) is 39.4 Å². The third kappa shape index (κ3) is 14.4. The van der Waals surface area contributed by atoms with Crippen LogP contribution >= 0.6 is 0 Å². The van der Waals surface area contributed by atoms with Crippen molar-refractivity contribution in [3.8, 4) is 0 Å². The van der Waals surface area contributed by atoms with E-state index >= 15 is 9.59 Å². The second kappa shape index (κ2) is 28.8. The van der Waals surface area contributed by atoms with E-state index in [9.17, 15) is 44.1 Å². The number of rotatable bonds is 11. The molecule has 4 saturated heterocycles. The molecule has 20 atom stereocenters. The summed E-state index contributed by atoms with van der Waals surface area (Å²) in [6.07, 6.45) is -11.4. The Morgan fingerprint density at radius 1 is 0.541 bits per heavy atom. The highest BCUT2D eigenvalue weighted by molar-refractivity contribution is 6.90. The maximum atomic E-state index is 16.3. The van der Waals surface area contributed by atoms with Crippen molar-refractivity contribution in [2.24, 2.45) is 39.4 Å². The maximum absolute atomic E-state index is 16.3. The van der Waals surface area contributed by atoms with Gasteiger partial charge in [0.05, 0.1) is 77.3 Å². The Balaban J connectivity index is 0.000000218. The van der Waals surface area contributed by atoms with Gasteiger partial charge in [0.25, 0.3) is 0 Å². The molecule has 24 nitrogen and oxygen atoms in total. The number of amides is 1. The summed E-state index contributed by atoms with van der Waals surface area (Å²) in [6.45, 7) is 40.4. The molecule has 4 aliphatic heterocycles. The molecule has 6 aliphatic carbocycles. The Hall–Kier alpha value is -6.39. The molecule has 28 heteroatoms. The third-order valence-electron chi connectivity index (χ3n) is 26.2. The number of alkyl carbamates (subject to hydrolysis) is 1. The molecule has 1 amide bonds. The summed E-state index contributed by atoms with van der Waals surface area (Å²) in [6, 6.07) is 24.9. The van der Waals surface area contributed by atoms with Crippen molar-refractivity contribution >= 4 is 80.8 Å². The highest BCUT2D eigenvalue weighted by Gasteiger charge is 2.81. The Morgan fingerprint density at radius 2 is 0.919 bits per heavy atom. The lowest BCUT2D eigenvalue weighted by Gasteiger charge is -2.68. The first-order valence-electron chi connectivity index (χ1n) is 39.0. The topological polar surface area (TPSA) is 320 Å². The summed E-state index contributed by atoms with van der Waals surface area (Å²) in [7, 11) is -10.6. The van der Waals surface area contributed by atoms with Gasteiger partial charge in [0, 0.05) is 50.4 Å². The fourth-order valence-electron chi connectivity index (χ4n) is 21.5. The van der Waals surface area contributed by atoms with Crippen LogP contribution in [0.1, 0.15) is 155 Å². The lowest BCUT2D eigenvalue weighted by atomic mass is 9.44. The van der Waals surface area contributed by atoms with Crippen LogP contribution in [0.4, 0.5) is 4.79 Å². The van der Waals surface area contributed by atoms with E-state index in [-0.39, 0.29) is 61.6 Å². The Bertz CT molecular complexity index is 4250. The molecule has 8 fully saturated rings. The smallest absolute Gasteiger partial charge is 0.408 e. The first-order chi connectivity index (χ1) is 51.3. The van der Waals surface area contributed by atoms with E-state index in [2.05, 4.69) is 57.7 Å². The van der Waals surface area contributed by atoms with E-state index in [4.69, 9.17) is 55.6 Å². The minimum absolute atomic E-state index is 0.0513. The van der Waals surface area contributed by atoms with Gasteiger partial charge in [0.15, 0.2) is 56.0 Å². The minimum Gasteiger partial charge on any atom is -0.457 e. The van der Waals surface area contributed by atoms with Gasteiger partial charge in [-0.25, -0.2) is 14.4 Å². The number of fused-ring (bicyclic) bond motifs is 12. The second-order valence-electron chi connectivity index (χ2n) is 37.9. The van der Waals surface area contributed by atoms with Crippen LogP contribution in [0.2, 0.25) is 63.7 Å². The predicted molar refractivity (Wildman–Crippen MR) is 417 cm³/mol. The third-order valence-corrected chi connectivity index (χ3v) is 43.4. The highest BCUT2D eigenvalue weighted by Crippen LogP contribution is 2.68. The number of esters is 5. The Labute approximate surface area is 655 Å². The molecule has 4 N–H and O–H groups in total. The van der Waals surface area contributed by atoms with E-state index in [1.54, 1.807) is 154 Å². The summed E-state index contributed by atoms with van der Waals surface area (Å²) in [5.41, 5.74) is -9.12. The zero-order chi connectivity index (χ0) is 81.7. The Kier molecular flexibility index (Phi) is 21.8. The van der Waals surface area contributed by atoms with Crippen LogP contribution in [0.25, 0.3) is 0 Å². The fraction of sp³-hybridized carbons (Fsp3) is 0.639. The van der Waals surface area contributed by atoms with Crippen LogP contribution < -0.4 is 5.32 Å². The monoisotopic (exact) mass is 1610 g/mol. The number of carbonyl (C=O) groups excluding carboxylic acids is 8. The first-order valence-corrected chi connectivity index (χ1v) is 51.5. The molecule has 10 aliphatic rings. The van der Waals surface area contributed by atoms with Crippen molar-refractivity contribution in [1.29, 1.82) is 0 Å². The normalized spacial score (nSPS) is 37.5. The SMILES string of the molecule is CC(=O)O[C@@]12CO[C@@H]1C[C@@H]1O[Si](C)(C)C[Si](C)(C)O[C@H]3C(=O)[C@@]1(C)C2[C@H](OC(=O)c1ccccc1)[C@]1(O)C[C@H](O)C(C)=C3C1(C)C.CC(=O)O[C@@]12CO[C@@H]1C[C@@H]1O[Si](C)(C)C[Si](C)(C)O[C@H]3C(=O)[C@@]1(C)C2[C@H](OC(=O)c1ccccc1)[C@]1(O)C[C@H](OC(=O)[C@H](C)[C@@H](NC(=O)OC(C)(C)C)c2ccccc2)C(C)=C3C1(C)C. The molecular formula is C83H115NO23Si4. The molecule has 3 aromatic carbocycles. The van der Waals surface area contributed by atoms with Crippen LogP contribution in [-0.4, -0.2) is 198 Å². The number of ketones is 2. The standard InChI is InChI=1S/C49H67NO13Si2.C34H48O10Si2/c1-28-33(58-42(53)29(2)37(31-20-16-14-17-21-31)50-44(55)61-45(4,5)6)25-49(56)41(59-43(54)32-22-18-15-19-23-32)39-47(9)34(24-35-48(39,26-57-35)60-30(3)51)62-64(10,11)27-65(12,13)63-38(40(47)52)36(28)46(49,7)8;1-19-22(36)16-34(39)29(41-30(38)21-13-11-10-12-14-21)27-32(5)23(15-24-33(27,17-40-24)42-20(2)35)43-45(6,7)18-46(8,9)44-26(28(32)37)25(19)31(34,3)4/h14-23,29,33-35,37-39,41,56H,24-27H2,1-13H3,(H,50,55);10-14,22-24,26-27,29,36,39H,15-18H2,1-9H3/t29-,33+,34+,35-,37-,38-,39?,41+,47-,48+,49-;22-,23-,24+,26+,27?,29-,32+,33-,34+/m10/s1. The molecule has 0 aromatic heterocycles. The van der Waals surface area contributed by atoms with Gasteiger partial charge in [-0.2, -0.15) is 0 Å². The van der Waals surface area contributed by atoms with Gasteiger partial charge >= 0.3 is 35.9 Å². The maximum Gasteiger partial charge on any atom is 0.408 e. The van der Waals surface area contributed by atoms with Gasteiger partial charge in [-0.05, 0) is 171 Å². The number of benzene rings is 3. The van der Waals surface area contributed by atoms with Gasteiger partial charge in [-0.1, -0.05) is 94.4 Å². The van der Waals surface area contributed by atoms with Crippen molar-refractivity contribution in [2.75, 3.05) is 13.2 Å². The summed E-state index contributed by atoms with van der Waals surface area (Å²) < 4.78 is 78.8. The van der Waals surface area contributed by atoms with Gasteiger partial charge in [-0.3, -0.25) is 24.0 Å². The van der Waals surface area contributed by atoms with Gasteiger partial charge in [0.2, 0.25) is 0 Å². The van der Waals surface area contributed by atoms with Crippen molar-refractivity contribution < 1.29 is 109 Å². The highest BCUT2D eigenvalue weighted by atomic mass is 28.4. The lowest BCUT2D eigenvalue weighted by molar-refractivity contribution is -0.344. The van der Waals surface area contributed by atoms with Crippen molar-refractivity contribution in [3.05, 3.63) is 130 Å². The zero-order valence-corrected chi connectivity index (χ0v) is 72.4. The first kappa shape index (κ1) is 84.0. The molecule has 13 rings (SSSR count). The van der Waals surface area contributed by atoms with Gasteiger partial charge < -0.3 is 76.2 Å². The van der Waals surface area contributed by atoms with E-state index in [1.807, 2.05) is 19.9 Å². The molecule has 3 aromatic rings. The number of hydrogen-bond acceptors (Lipinski definition) is 23. The average molecular weight is 1610 g/mol. The largest absolute Gasteiger partial charge is 0.457 e. The number of aliphatic hydroxyl groups excluding tert-OH is 1. The predicted octanol–water partition coefficient (Wildman–Crippen LogP) is 11.6. The molecule has 2 unspecified atom stereocenters. The molecule has 4 saturated carbocycles. The minimum atomic E-state index is -2.82. The molecule has 111 heavy (non-hydrogen) atoms. The Morgan fingerprint density at radius 3 is 1.30 bits per heavy atom. The fourth-order valence-corrected chi connectivity index (χ4v) is 43.2. The summed E-state index contributed by atoms with van der Waals surface area (Å²) >= 11 is 0. The quantitative estimate of drug-likeness (QED) is 0.0600. The van der Waals surface area contributed by atoms with Crippen molar-refractivity contribution in [3.63, 3.8) is 0 Å². The number of ether oxygens (including phenoxy) is 8. The zero-order valence-electron chi connectivity index (χ0n) is 68.4. The number of hydrogen-bond donors (Lipinski definition) is 4. The van der Waals surface area contributed by atoms with Crippen LogP contribution in [0.5, 0.6) is 0 Å².